The number of hydrogen-bond donors (Lipinski definition) is 2. The molecule has 0 amide bonds. The van der Waals surface area contributed by atoms with E-state index in [4.69, 9.17) is 9.73 Å². The standard InChI is InChI=1S/C17H31N3OS.HI/c1-3-18-16(19-10-4-5-12-22-2)20-14-13-7-11-21-15(13)17(14)8-6-9-17;/h13-15H,3-12H2,1-2H3,(H2,18,19,20);1H. The van der Waals surface area contributed by atoms with E-state index in [9.17, 15) is 0 Å². The molecular weight excluding hydrogens is 421 g/mol. The van der Waals surface area contributed by atoms with Gasteiger partial charge in [-0.3, -0.25) is 4.99 Å². The number of ether oxygens (including phenoxy) is 1. The van der Waals surface area contributed by atoms with Gasteiger partial charge in [-0.05, 0) is 51.0 Å². The fraction of sp³-hybridized carbons (Fsp3) is 0.941. The summed E-state index contributed by atoms with van der Waals surface area (Å²) in [6.45, 7) is 4.96. The van der Waals surface area contributed by atoms with E-state index in [1.54, 1.807) is 0 Å². The second-order valence-corrected chi connectivity index (χ2v) is 7.90. The highest BCUT2D eigenvalue weighted by Gasteiger charge is 2.66. The minimum absolute atomic E-state index is 0. The van der Waals surface area contributed by atoms with Crippen LogP contribution < -0.4 is 10.6 Å². The first-order chi connectivity index (χ1) is 10.8. The Labute approximate surface area is 162 Å². The summed E-state index contributed by atoms with van der Waals surface area (Å²) in [6.07, 6.45) is 10.4. The first-order valence-corrected chi connectivity index (χ1v) is 10.4. The van der Waals surface area contributed by atoms with Crippen LogP contribution in [0, 0.1) is 11.3 Å². The zero-order valence-corrected chi connectivity index (χ0v) is 17.6. The third kappa shape index (κ3) is 3.94. The van der Waals surface area contributed by atoms with Crippen molar-refractivity contribution in [2.45, 2.75) is 57.6 Å². The maximum absolute atomic E-state index is 6.00. The van der Waals surface area contributed by atoms with Gasteiger partial charge in [-0.25, -0.2) is 0 Å². The smallest absolute Gasteiger partial charge is 0.191 e. The molecule has 2 saturated carbocycles. The summed E-state index contributed by atoms with van der Waals surface area (Å²) in [4.78, 5) is 4.79. The number of nitrogens with zero attached hydrogens (tertiary/aromatic N) is 1. The molecule has 2 aliphatic carbocycles. The lowest BCUT2D eigenvalue weighted by molar-refractivity contribution is -0.171. The van der Waals surface area contributed by atoms with E-state index < -0.39 is 0 Å². The largest absolute Gasteiger partial charge is 0.377 e. The van der Waals surface area contributed by atoms with E-state index in [-0.39, 0.29) is 24.0 Å². The number of nitrogens with one attached hydrogen (secondary N) is 2. The van der Waals surface area contributed by atoms with Crippen LogP contribution in [0.5, 0.6) is 0 Å². The summed E-state index contributed by atoms with van der Waals surface area (Å²) in [5.74, 6) is 2.97. The minimum Gasteiger partial charge on any atom is -0.377 e. The van der Waals surface area contributed by atoms with Crippen molar-refractivity contribution in [3.05, 3.63) is 0 Å². The van der Waals surface area contributed by atoms with E-state index >= 15 is 0 Å². The zero-order chi connectivity index (χ0) is 15.4. The van der Waals surface area contributed by atoms with Crippen molar-refractivity contribution >= 4 is 41.7 Å². The van der Waals surface area contributed by atoms with Crippen LogP contribution >= 0.6 is 35.7 Å². The third-order valence-corrected chi connectivity index (χ3v) is 6.40. The van der Waals surface area contributed by atoms with Gasteiger partial charge in [0.15, 0.2) is 5.96 Å². The monoisotopic (exact) mass is 453 g/mol. The molecule has 1 saturated heterocycles. The molecule has 3 rings (SSSR count). The van der Waals surface area contributed by atoms with Crippen LogP contribution in [0.15, 0.2) is 4.99 Å². The lowest BCUT2D eigenvalue weighted by atomic mass is 9.46. The number of fused-ring (bicyclic) bond motifs is 2. The van der Waals surface area contributed by atoms with Crippen molar-refractivity contribution in [1.29, 1.82) is 0 Å². The molecule has 3 atom stereocenters. The van der Waals surface area contributed by atoms with Crippen molar-refractivity contribution in [2.24, 2.45) is 16.3 Å². The molecule has 1 heterocycles. The number of halogens is 1. The zero-order valence-electron chi connectivity index (χ0n) is 14.5. The quantitative estimate of drug-likeness (QED) is 0.269. The van der Waals surface area contributed by atoms with Gasteiger partial charge in [-0.15, -0.1) is 24.0 Å². The van der Waals surface area contributed by atoms with Gasteiger partial charge >= 0.3 is 0 Å². The first kappa shape index (κ1) is 19.6. The summed E-state index contributed by atoms with van der Waals surface area (Å²) < 4.78 is 6.00. The predicted molar refractivity (Wildman–Crippen MR) is 110 cm³/mol. The van der Waals surface area contributed by atoms with Crippen LogP contribution in [0.3, 0.4) is 0 Å². The lowest BCUT2D eigenvalue weighted by Crippen LogP contribution is -2.72. The molecule has 4 nitrogen and oxygen atoms in total. The molecule has 0 radical (unpaired) electrons. The van der Waals surface area contributed by atoms with E-state index in [1.165, 1.54) is 44.3 Å². The Kier molecular flexibility index (Phi) is 7.79. The fourth-order valence-corrected chi connectivity index (χ4v) is 4.97. The van der Waals surface area contributed by atoms with E-state index in [0.29, 0.717) is 23.5 Å². The summed E-state index contributed by atoms with van der Waals surface area (Å²) in [7, 11) is 0. The van der Waals surface area contributed by atoms with Gasteiger partial charge in [0.2, 0.25) is 0 Å². The molecule has 0 aromatic rings. The van der Waals surface area contributed by atoms with Crippen molar-refractivity contribution in [1.82, 2.24) is 10.6 Å². The van der Waals surface area contributed by atoms with Gasteiger partial charge in [0.25, 0.3) is 0 Å². The molecule has 3 unspecified atom stereocenters. The van der Waals surface area contributed by atoms with Crippen LogP contribution in [0.1, 0.15) is 45.4 Å². The Hall–Kier alpha value is 0.310. The molecule has 1 spiro atoms. The highest BCUT2D eigenvalue weighted by Crippen LogP contribution is 2.62. The summed E-state index contributed by atoms with van der Waals surface area (Å²) in [5.41, 5.74) is 0.427. The molecule has 2 N–H and O–H groups in total. The second-order valence-electron chi connectivity index (χ2n) is 6.91. The molecule has 0 aromatic heterocycles. The highest BCUT2D eigenvalue weighted by molar-refractivity contribution is 14.0. The molecule has 3 aliphatic rings. The van der Waals surface area contributed by atoms with Crippen molar-refractivity contribution in [2.75, 3.05) is 31.7 Å². The van der Waals surface area contributed by atoms with Crippen LogP contribution in [0.2, 0.25) is 0 Å². The van der Waals surface area contributed by atoms with Crippen LogP contribution in [0.25, 0.3) is 0 Å². The van der Waals surface area contributed by atoms with Crippen molar-refractivity contribution in [3.8, 4) is 0 Å². The summed E-state index contributed by atoms with van der Waals surface area (Å²) in [5, 5.41) is 7.19. The number of guanidine groups is 1. The Bertz CT molecular complexity index is 403. The molecule has 23 heavy (non-hydrogen) atoms. The number of aliphatic imine (C=N–C) groups is 1. The Morgan fingerprint density at radius 3 is 2.83 bits per heavy atom. The van der Waals surface area contributed by atoms with E-state index in [1.807, 2.05) is 11.8 Å². The Morgan fingerprint density at radius 1 is 1.35 bits per heavy atom. The molecule has 1 aliphatic heterocycles. The number of rotatable bonds is 7. The number of unbranched alkanes of at least 4 members (excludes halogenated alkanes) is 1. The molecule has 0 bridgehead atoms. The topological polar surface area (TPSA) is 45.7 Å². The lowest BCUT2D eigenvalue weighted by Gasteiger charge is -2.63. The number of hydrogen-bond acceptors (Lipinski definition) is 3. The van der Waals surface area contributed by atoms with Crippen LogP contribution in [-0.2, 0) is 4.74 Å². The molecule has 3 fully saturated rings. The minimum atomic E-state index is 0. The SMILES string of the molecule is CCNC(=NCCCCSC)NC1C2CCOC2C12CCC2.I. The van der Waals surface area contributed by atoms with Gasteiger partial charge in [-0.1, -0.05) is 6.42 Å². The first-order valence-electron chi connectivity index (χ1n) is 8.97. The average Bonchev–Trinajstić information content (AvgIpc) is 2.88. The molecule has 134 valence electrons. The van der Waals surface area contributed by atoms with Gasteiger partial charge in [0, 0.05) is 37.1 Å². The highest BCUT2D eigenvalue weighted by atomic mass is 127. The third-order valence-electron chi connectivity index (χ3n) is 5.70. The average molecular weight is 453 g/mol. The molecule has 0 aromatic carbocycles. The fourth-order valence-electron chi connectivity index (χ4n) is 4.47. The van der Waals surface area contributed by atoms with Gasteiger partial charge in [0.05, 0.1) is 6.10 Å². The van der Waals surface area contributed by atoms with Crippen molar-refractivity contribution < 1.29 is 4.74 Å². The Balaban J connectivity index is 0.00000192. The summed E-state index contributed by atoms with van der Waals surface area (Å²) in [6, 6.07) is 0.581. The maximum Gasteiger partial charge on any atom is 0.191 e. The second kappa shape index (κ2) is 9.13. The van der Waals surface area contributed by atoms with Crippen molar-refractivity contribution in [3.63, 3.8) is 0 Å². The molecular formula is C17H32IN3OS. The predicted octanol–water partition coefficient (Wildman–Crippen LogP) is 3.26. The summed E-state index contributed by atoms with van der Waals surface area (Å²) >= 11 is 1.92. The number of thioether (sulfide) groups is 1. The van der Waals surface area contributed by atoms with Gasteiger partial charge in [0.1, 0.15) is 0 Å². The maximum atomic E-state index is 6.00. The van der Waals surface area contributed by atoms with Crippen LogP contribution in [0.4, 0.5) is 0 Å². The van der Waals surface area contributed by atoms with E-state index in [2.05, 4.69) is 23.8 Å². The van der Waals surface area contributed by atoms with Gasteiger partial charge in [-0.2, -0.15) is 11.8 Å². The van der Waals surface area contributed by atoms with Gasteiger partial charge < -0.3 is 15.4 Å². The van der Waals surface area contributed by atoms with E-state index in [0.717, 1.165) is 25.7 Å². The van der Waals surface area contributed by atoms with Crippen LogP contribution in [-0.4, -0.2) is 49.8 Å². The molecule has 6 heteroatoms. The Morgan fingerprint density at radius 2 is 2.17 bits per heavy atom. The normalized spacial score (nSPS) is 30.9.